The lowest BCUT2D eigenvalue weighted by atomic mass is 10.1. The third-order valence-corrected chi connectivity index (χ3v) is 4.20. The van der Waals surface area contributed by atoms with Crippen molar-refractivity contribution in [1.82, 2.24) is 14.8 Å². The van der Waals surface area contributed by atoms with Crippen LogP contribution in [-0.2, 0) is 19.5 Å². The summed E-state index contributed by atoms with van der Waals surface area (Å²) in [6, 6.07) is 11.8. The lowest BCUT2D eigenvalue weighted by molar-refractivity contribution is 0.478. The highest BCUT2D eigenvalue weighted by atomic mass is 19.1. The number of nitrogens with one attached hydrogen (secondary N) is 1. The number of rotatable bonds is 5. The minimum Gasteiger partial charge on any atom is -0.456 e. The molecule has 0 atom stereocenters. The van der Waals surface area contributed by atoms with Gasteiger partial charge in [0, 0.05) is 12.2 Å². The van der Waals surface area contributed by atoms with Gasteiger partial charge in [0.2, 0.25) is 0 Å². The molecule has 0 spiro atoms. The number of halogens is 1. The minimum atomic E-state index is -0.286. The van der Waals surface area contributed by atoms with Gasteiger partial charge < -0.3 is 10.1 Å². The fourth-order valence-electron chi connectivity index (χ4n) is 2.93. The fraction of sp³-hybridized carbons (Fsp3) is 0.263. The first kappa shape index (κ1) is 15.6. The van der Waals surface area contributed by atoms with Crippen LogP contribution in [-0.4, -0.2) is 14.8 Å². The smallest absolute Gasteiger partial charge is 0.145 e. The summed E-state index contributed by atoms with van der Waals surface area (Å²) in [6.45, 7) is 1.66. The maximum absolute atomic E-state index is 12.9. The van der Waals surface area contributed by atoms with Gasteiger partial charge >= 0.3 is 0 Å². The fourth-order valence-corrected chi connectivity index (χ4v) is 2.93. The molecule has 3 aromatic rings. The molecular weight excluding hydrogens is 319 g/mol. The van der Waals surface area contributed by atoms with Gasteiger partial charge in [-0.25, -0.2) is 9.37 Å². The molecule has 1 N–H and O–H groups in total. The summed E-state index contributed by atoms with van der Waals surface area (Å²) in [5.41, 5.74) is 2.35. The molecule has 25 heavy (non-hydrogen) atoms. The molecule has 3 heterocycles. The molecule has 5 nitrogen and oxygen atoms in total. The van der Waals surface area contributed by atoms with Crippen LogP contribution in [0.3, 0.4) is 0 Å². The van der Waals surface area contributed by atoms with E-state index in [0.29, 0.717) is 18.0 Å². The van der Waals surface area contributed by atoms with Crippen molar-refractivity contribution in [3.63, 3.8) is 0 Å². The quantitative estimate of drug-likeness (QED) is 0.759. The molecule has 0 bridgehead atoms. The van der Waals surface area contributed by atoms with Gasteiger partial charge in [-0.2, -0.15) is 5.10 Å². The van der Waals surface area contributed by atoms with E-state index in [1.807, 2.05) is 12.1 Å². The Labute approximate surface area is 145 Å². The molecule has 0 amide bonds. The van der Waals surface area contributed by atoms with E-state index in [1.165, 1.54) is 30.7 Å². The third kappa shape index (κ3) is 3.79. The zero-order valence-corrected chi connectivity index (χ0v) is 13.8. The summed E-state index contributed by atoms with van der Waals surface area (Å²) in [6.07, 6.45) is 5.21. The minimum absolute atomic E-state index is 0.286. The molecule has 128 valence electrons. The van der Waals surface area contributed by atoms with Crippen LogP contribution in [0.5, 0.6) is 11.5 Å². The summed E-state index contributed by atoms with van der Waals surface area (Å²) in [5.74, 6) is 1.66. The number of aryl methyl sites for hydroxylation is 2. The van der Waals surface area contributed by atoms with E-state index in [4.69, 9.17) is 4.74 Å². The number of ether oxygens (including phenoxy) is 1. The maximum Gasteiger partial charge on any atom is 0.145 e. The topological polar surface area (TPSA) is 52.0 Å². The van der Waals surface area contributed by atoms with Crippen LogP contribution in [0.15, 0.2) is 48.7 Å². The van der Waals surface area contributed by atoms with Gasteiger partial charge in [0.15, 0.2) is 0 Å². The number of aromatic nitrogens is 3. The van der Waals surface area contributed by atoms with E-state index >= 15 is 0 Å². The van der Waals surface area contributed by atoms with Gasteiger partial charge in [-0.3, -0.25) is 4.68 Å². The molecule has 0 saturated carbocycles. The van der Waals surface area contributed by atoms with Gasteiger partial charge in [-0.1, -0.05) is 0 Å². The Kier molecular flexibility index (Phi) is 4.33. The first-order chi connectivity index (χ1) is 12.3. The molecule has 0 fully saturated rings. The summed E-state index contributed by atoms with van der Waals surface area (Å²) in [4.78, 5) is 4.34. The van der Waals surface area contributed by atoms with Crippen molar-refractivity contribution < 1.29 is 9.13 Å². The molecule has 0 aliphatic carbocycles. The molecule has 1 aliphatic rings. The summed E-state index contributed by atoms with van der Waals surface area (Å²) in [5, 5.41) is 7.89. The van der Waals surface area contributed by atoms with Gasteiger partial charge in [0.05, 0.1) is 18.4 Å². The third-order valence-electron chi connectivity index (χ3n) is 4.20. The maximum atomic E-state index is 12.9. The number of anilines is 1. The second-order valence-corrected chi connectivity index (χ2v) is 6.10. The number of nitrogens with zero attached hydrogens (tertiary/aromatic N) is 3. The average molecular weight is 338 g/mol. The molecule has 0 saturated heterocycles. The molecular formula is C19H19FN4O. The normalized spacial score (nSPS) is 13.3. The lowest BCUT2D eigenvalue weighted by Crippen LogP contribution is -2.11. The van der Waals surface area contributed by atoms with Crippen LogP contribution in [0, 0.1) is 5.82 Å². The molecule has 1 aromatic carbocycles. The Bertz CT molecular complexity index is 819. The second-order valence-electron chi connectivity index (χ2n) is 6.10. The molecule has 6 heteroatoms. The van der Waals surface area contributed by atoms with E-state index in [0.717, 1.165) is 24.5 Å². The standard InChI is InChI=1S/C19H19FN4O/c20-14-4-6-17(7-5-14)25-18-8-9-19(22-13-18)21-12-15-11-16-3-1-2-10-24(16)23-15/h4-9,11,13H,1-3,10,12H2,(H,21,22). The Morgan fingerprint density at radius 2 is 1.92 bits per heavy atom. The second kappa shape index (κ2) is 6.93. The Morgan fingerprint density at radius 1 is 1.08 bits per heavy atom. The van der Waals surface area contributed by atoms with Crippen molar-refractivity contribution in [2.75, 3.05) is 5.32 Å². The Morgan fingerprint density at radius 3 is 2.68 bits per heavy atom. The van der Waals surface area contributed by atoms with E-state index < -0.39 is 0 Å². The Balaban J connectivity index is 1.35. The Hall–Kier alpha value is -2.89. The van der Waals surface area contributed by atoms with E-state index in [1.54, 1.807) is 18.3 Å². The van der Waals surface area contributed by atoms with Crippen LogP contribution in [0.1, 0.15) is 24.2 Å². The highest BCUT2D eigenvalue weighted by molar-refractivity contribution is 5.39. The van der Waals surface area contributed by atoms with Crippen LogP contribution in [0.4, 0.5) is 10.2 Å². The van der Waals surface area contributed by atoms with Crippen molar-refractivity contribution in [3.8, 4) is 11.5 Å². The number of pyridine rings is 1. The predicted molar refractivity (Wildman–Crippen MR) is 93.2 cm³/mol. The molecule has 4 rings (SSSR count). The average Bonchev–Trinajstić information content (AvgIpc) is 3.06. The van der Waals surface area contributed by atoms with Crippen molar-refractivity contribution in [2.45, 2.75) is 32.4 Å². The SMILES string of the molecule is Fc1ccc(Oc2ccc(NCc3cc4n(n3)CCCC4)nc2)cc1. The van der Waals surface area contributed by atoms with Crippen LogP contribution in [0.2, 0.25) is 0 Å². The van der Waals surface area contributed by atoms with Gasteiger partial charge in [0.25, 0.3) is 0 Å². The largest absolute Gasteiger partial charge is 0.456 e. The van der Waals surface area contributed by atoms with Crippen LogP contribution < -0.4 is 10.1 Å². The molecule has 2 aromatic heterocycles. The van der Waals surface area contributed by atoms with E-state index in [-0.39, 0.29) is 5.82 Å². The first-order valence-corrected chi connectivity index (χ1v) is 8.45. The van der Waals surface area contributed by atoms with Crippen molar-refractivity contribution in [1.29, 1.82) is 0 Å². The molecule has 1 aliphatic heterocycles. The van der Waals surface area contributed by atoms with Gasteiger partial charge in [0.1, 0.15) is 23.1 Å². The van der Waals surface area contributed by atoms with E-state index in [9.17, 15) is 4.39 Å². The summed E-state index contributed by atoms with van der Waals surface area (Å²) < 4.78 is 20.6. The summed E-state index contributed by atoms with van der Waals surface area (Å²) >= 11 is 0. The van der Waals surface area contributed by atoms with Crippen molar-refractivity contribution >= 4 is 5.82 Å². The van der Waals surface area contributed by atoms with Crippen molar-refractivity contribution in [3.05, 3.63) is 65.9 Å². The van der Waals surface area contributed by atoms with Crippen LogP contribution >= 0.6 is 0 Å². The lowest BCUT2D eigenvalue weighted by Gasteiger charge is -2.11. The highest BCUT2D eigenvalue weighted by Crippen LogP contribution is 2.22. The number of hydrogen-bond donors (Lipinski definition) is 1. The zero-order chi connectivity index (χ0) is 17.1. The van der Waals surface area contributed by atoms with Crippen molar-refractivity contribution in [2.24, 2.45) is 0 Å². The van der Waals surface area contributed by atoms with E-state index in [2.05, 4.69) is 26.1 Å². The van der Waals surface area contributed by atoms with Gasteiger partial charge in [-0.15, -0.1) is 0 Å². The monoisotopic (exact) mass is 338 g/mol. The van der Waals surface area contributed by atoms with Crippen LogP contribution in [0.25, 0.3) is 0 Å². The first-order valence-electron chi connectivity index (χ1n) is 8.45. The number of hydrogen-bond acceptors (Lipinski definition) is 4. The number of benzene rings is 1. The van der Waals surface area contributed by atoms with Gasteiger partial charge in [-0.05, 0) is 61.7 Å². The number of fused-ring (bicyclic) bond motifs is 1. The highest BCUT2D eigenvalue weighted by Gasteiger charge is 2.11. The molecule has 0 radical (unpaired) electrons. The predicted octanol–water partition coefficient (Wildman–Crippen LogP) is 4.16. The molecule has 0 unspecified atom stereocenters. The zero-order valence-electron chi connectivity index (χ0n) is 13.8. The summed E-state index contributed by atoms with van der Waals surface area (Å²) in [7, 11) is 0.